The van der Waals surface area contributed by atoms with Crippen LogP contribution < -0.4 is 10.6 Å². The SMILES string of the molecule is CCCNC1COCC1C(=O)N[C@H](C)c1ccccc1F. The van der Waals surface area contributed by atoms with Gasteiger partial charge in [0, 0.05) is 11.6 Å². The van der Waals surface area contributed by atoms with Gasteiger partial charge in [-0.05, 0) is 26.0 Å². The molecule has 1 heterocycles. The lowest BCUT2D eigenvalue weighted by atomic mass is 10.0. The summed E-state index contributed by atoms with van der Waals surface area (Å²) in [5.74, 6) is -0.601. The van der Waals surface area contributed by atoms with E-state index in [0.717, 1.165) is 13.0 Å². The Morgan fingerprint density at radius 2 is 2.19 bits per heavy atom. The van der Waals surface area contributed by atoms with E-state index in [1.165, 1.54) is 6.07 Å². The first-order valence-electron chi connectivity index (χ1n) is 7.49. The summed E-state index contributed by atoms with van der Waals surface area (Å²) >= 11 is 0. The summed E-state index contributed by atoms with van der Waals surface area (Å²) in [5, 5.41) is 6.21. The molecule has 0 saturated carbocycles. The Balaban J connectivity index is 1.96. The number of hydrogen-bond donors (Lipinski definition) is 2. The molecule has 1 aliphatic heterocycles. The fourth-order valence-electron chi connectivity index (χ4n) is 2.57. The van der Waals surface area contributed by atoms with Crippen molar-refractivity contribution in [2.45, 2.75) is 32.4 Å². The van der Waals surface area contributed by atoms with Crippen molar-refractivity contribution in [3.63, 3.8) is 0 Å². The van der Waals surface area contributed by atoms with E-state index in [1.54, 1.807) is 25.1 Å². The molecule has 0 spiro atoms. The second-order valence-electron chi connectivity index (χ2n) is 5.46. The van der Waals surface area contributed by atoms with Crippen LogP contribution in [0, 0.1) is 11.7 Å². The fraction of sp³-hybridized carbons (Fsp3) is 0.562. The number of amides is 1. The van der Waals surface area contributed by atoms with E-state index in [0.29, 0.717) is 18.8 Å². The minimum Gasteiger partial charge on any atom is -0.379 e. The standard InChI is InChI=1S/C16H23FN2O2/c1-3-8-18-15-10-21-9-13(15)16(20)19-11(2)12-6-4-5-7-14(12)17/h4-7,11,13,15,18H,3,8-10H2,1-2H3,(H,19,20)/t11-,13?,15?/m1/s1. The molecule has 1 aromatic rings. The Morgan fingerprint density at radius 3 is 2.90 bits per heavy atom. The van der Waals surface area contributed by atoms with Crippen LogP contribution in [0.3, 0.4) is 0 Å². The van der Waals surface area contributed by atoms with Gasteiger partial charge in [0.2, 0.25) is 5.91 Å². The maximum atomic E-state index is 13.7. The highest BCUT2D eigenvalue weighted by Crippen LogP contribution is 2.19. The van der Waals surface area contributed by atoms with Crippen LogP contribution in [-0.4, -0.2) is 31.7 Å². The van der Waals surface area contributed by atoms with E-state index in [1.807, 2.05) is 0 Å². The lowest BCUT2D eigenvalue weighted by Gasteiger charge is -2.21. The summed E-state index contributed by atoms with van der Waals surface area (Å²) in [6.07, 6.45) is 1.01. The quantitative estimate of drug-likeness (QED) is 0.844. The second-order valence-corrected chi connectivity index (χ2v) is 5.46. The van der Waals surface area contributed by atoms with Crippen LogP contribution in [0.2, 0.25) is 0 Å². The third-order valence-corrected chi connectivity index (χ3v) is 3.80. The van der Waals surface area contributed by atoms with Gasteiger partial charge in [-0.2, -0.15) is 0 Å². The first-order chi connectivity index (χ1) is 10.1. The fourth-order valence-corrected chi connectivity index (χ4v) is 2.57. The summed E-state index contributed by atoms with van der Waals surface area (Å²) in [6.45, 7) is 5.70. The van der Waals surface area contributed by atoms with Gasteiger partial charge in [-0.3, -0.25) is 4.79 Å². The van der Waals surface area contributed by atoms with Crippen LogP contribution in [0.25, 0.3) is 0 Å². The highest BCUT2D eigenvalue weighted by atomic mass is 19.1. The Bertz CT molecular complexity index is 481. The Morgan fingerprint density at radius 1 is 1.43 bits per heavy atom. The highest BCUT2D eigenvalue weighted by molar-refractivity contribution is 5.80. The molecule has 1 aliphatic rings. The van der Waals surface area contributed by atoms with Gasteiger partial charge in [-0.1, -0.05) is 25.1 Å². The van der Waals surface area contributed by atoms with Gasteiger partial charge >= 0.3 is 0 Å². The van der Waals surface area contributed by atoms with E-state index < -0.39 is 0 Å². The molecule has 2 rings (SSSR count). The van der Waals surface area contributed by atoms with Crippen molar-refractivity contribution in [3.8, 4) is 0 Å². The van der Waals surface area contributed by atoms with E-state index in [-0.39, 0.29) is 29.7 Å². The van der Waals surface area contributed by atoms with Gasteiger partial charge in [0.05, 0.1) is 25.2 Å². The number of rotatable bonds is 6. The maximum absolute atomic E-state index is 13.7. The topological polar surface area (TPSA) is 50.4 Å². The third kappa shape index (κ3) is 4.02. The van der Waals surface area contributed by atoms with Crippen molar-refractivity contribution in [3.05, 3.63) is 35.6 Å². The van der Waals surface area contributed by atoms with Crippen LogP contribution in [0.15, 0.2) is 24.3 Å². The first kappa shape index (κ1) is 15.9. The highest BCUT2D eigenvalue weighted by Gasteiger charge is 2.34. The summed E-state index contributed by atoms with van der Waals surface area (Å²) in [5.41, 5.74) is 0.503. The largest absolute Gasteiger partial charge is 0.379 e. The number of nitrogens with one attached hydrogen (secondary N) is 2. The lowest BCUT2D eigenvalue weighted by molar-refractivity contribution is -0.126. The zero-order valence-electron chi connectivity index (χ0n) is 12.6. The number of carbonyl (C=O) groups is 1. The second kappa shape index (κ2) is 7.52. The molecule has 1 saturated heterocycles. The van der Waals surface area contributed by atoms with Gasteiger partial charge in [0.1, 0.15) is 5.82 Å². The molecule has 3 atom stereocenters. The predicted molar refractivity (Wildman–Crippen MR) is 79.3 cm³/mol. The van der Waals surface area contributed by atoms with Crippen LogP contribution >= 0.6 is 0 Å². The van der Waals surface area contributed by atoms with E-state index in [9.17, 15) is 9.18 Å². The number of hydrogen-bond acceptors (Lipinski definition) is 3. The molecule has 1 fully saturated rings. The normalized spacial score (nSPS) is 23.0. The predicted octanol–water partition coefficient (Wildman–Crippen LogP) is 2.02. The van der Waals surface area contributed by atoms with Crippen molar-refractivity contribution in [2.24, 2.45) is 5.92 Å². The minimum atomic E-state index is -0.355. The molecule has 1 amide bonds. The van der Waals surface area contributed by atoms with Crippen LogP contribution in [0.5, 0.6) is 0 Å². The number of benzene rings is 1. The molecule has 1 aromatic carbocycles. The maximum Gasteiger partial charge on any atom is 0.227 e. The minimum absolute atomic E-state index is 0.0396. The van der Waals surface area contributed by atoms with Gasteiger partial charge in [-0.15, -0.1) is 0 Å². The Hall–Kier alpha value is -1.46. The zero-order chi connectivity index (χ0) is 15.2. The number of carbonyl (C=O) groups excluding carboxylic acids is 1. The van der Waals surface area contributed by atoms with Crippen molar-refractivity contribution < 1.29 is 13.9 Å². The smallest absolute Gasteiger partial charge is 0.227 e. The van der Waals surface area contributed by atoms with Gasteiger partial charge in [0.25, 0.3) is 0 Å². The molecule has 4 nitrogen and oxygen atoms in total. The average molecular weight is 294 g/mol. The van der Waals surface area contributed by atoms with Gasteiger partial charge in [-0.25, -0.2) is 4.39 Å². The molecule has 0 bridgehead atoms. The molecule has 2 N–H and O–H groups in total. The zero-order valence-corrected chi connectivity index (χ0v) is 12.6. The molecule has 0 aromatic heterocycles. The monoisotopic (exact) mass is 294 g/mol. The van der Waals surface area contributed by atoms with Gasteiger partial charge < -0.3 is 15.4 Å². The third-order valence-electron chi connectivity index (χ3n) is 3.80. The van der Waals surface area contributed by atoms with E-state index in [2.05, 4.69) is 17.6 Å². The molecule has 0 aliphatic carbocycles. The summed E-state index contributed by atoms with van der Waals surface area (Å²) in [6, 6.07) is 6.19. The van der Waals surface area contributed by atoms with Gasteiger partial charge in [0.15, 0.2) is 0 Å². The van der Waals surface area contributed by atoms with Crippen molar-refractivity contribution in [2.75, 3.05) is 19.8 Å². The Labute approximate surface area is 125 Å². The van der Waals surface area contributed by atoms with Crippen LogP contribution in [0.4, 0.5) is 4.39 Å². The van der Waals surface area contributed by atoms with Crippen molar-refractivity contribution in [1.29, 1.82) is 0 Å². The number of ether oxygens (including phenoxy) is 1. The lowest BCUT2D eigenvalue weighted by Crippen LogP contribution is -2.44. The van der Waals surface area contributed by atoms with E-state index in [4.69, 9.17) is 4.74 Å². The Kier molecular flexibility index (Phi) is 5.70. The molecular weight excluding hydrogens is 271 g/mol. The number of halogens is 1. The summed E-state index contributed by atoms with van der Waals surface area (Å²) in [7, 11) is 0. The molecular formula is C16H23FN2O2. The van der Waals surface area contributed by atoms with Crippen LogP contribution in [-0.2, 0) is 9.53 Å². The molecule has 5 heteroatoms. The van der Waals surface area contributed by atoms with Crippen molar-refractivity contribution >= 4 is 5.91 Å². The summed E-state index contributed by atoms with van der Waals surface area (Å²) in [4.78, 5) is 12.4. The van der Waals surface area contributed by atoms with E-state index >= 15 is 0 Å². The average Bonchev–Trinajstić information content (AvgIpc) is 2.93. The van der Waals surface area contributed by atoms with Crippen molar-refractivity contribution in [1.82, 2.24) is 10.6 Å². The summed E-state index contributed by atoms with van der Waals surface area (Å²) < 4.78 is 19.1. The first-order valence-corrected chi connectivity index (χ1v) is 7.49. The molecule has 0 radical (unpaired) electrons. The molecule has 21 heavy (non-hydrogen) atoms. The molecule has 2 unspecified atom stereocenters. The van der Waals surface area contributed by atoms with Crippen LogP contribution in [0.1, 0.15) is 31.9 Å². The molecule has 116 valence electrons.